The van der Waals surface area contributed by atoms with Gasteiger partial charge < -0.3 is 19.4 Å². The normalized spacial score (nSPS) is 10.3. The summed E-state index contributed by atoms with van der Waals surface area (Å²) >= 11 is 0. The van der Waals surface area contributed by atoms with Crippen LogP contribution in [0, 0.1) is 0 Å². The molecule has 0 aliphatic heterocycles. The van der Waals surface area contributed by atoms with E-state index in [-0.39, 0.29) is 17.5 Å². The Hall–Kier alpha value is -1.27. The smallest absolute Gasteiger partial charge is 0.508 e. The van der Waals surface area contributed by atoms with Crippen molar-refractivity contribution in [1.82, 2.24) is 4.98 Å². The van der Waals surface area contributed by atoms with Crippen LogP contribution in [0.5, 0.6) is 11.6 Å². The molecule has 0 bridgehead atoms. The molecule has 2 N–H and O–H groups in total. The van der Waals surface area contributed by atoms with Gasteiger partial charge in [-0.3, -0.25) is 0 Å². The summed E-state index contributed by atoms with van der Waals surface area (Å²) in [7, 11) is -0.422. The minimum Gasteiger partial charge on any atom is -0.508 e. The largest absolute Gasteiger partial charge is 0.707 e. The maximum atomic E-state index is 8.65. The van der Waals surface area contributed by atoms with Gasteiger partial charge in [0, 0.05) is 5.69 Å². The summed E-state index contributed by atoms with van der Waals surface area (Å²) in [6.45, 7) is 4.01. The van der Waals surface area contributed by atoms with Crippen LogP contribution in [0.15, 0.2) is 12.1 Å². The average Bonchev–Trinajstić information content (AvgIpc) is 2.17. The second kappa shape index (κ2) is 5.00. The van der Waals surface area contributed by atoms with Crippen molar-refractivity contribution in [2.75, 3.05) is 7.11 Å². The third-order valence-electron chi connectivity index (χ3n) is 1.86. The number of rotatable bonds is 4. The molecule has 5 nitrogen and oxygen atoms in total. The molecule has 1 rings (SSSR count). The Morgan fingerprint density at radius 2 is 2.00 bits per heavy atom. The molecule has 0 fully saturated rings. The third kappa shape index (κ3) is 3.11. The highest BCUT2D eigenvalue weighted by atomic mass is 16.6. The summed E-state index contributed by atoms with van der Waals surface area (Å²) in [5.41, 5.74) is 0.853. The van der Waals surface area contributed by atoms with Gasteiger partial charge >= 0.3 is 7.32 Å². The van der Waals surface area contributed by atoms with E-state index in [9.17, 15) is 0 Å². The number of pyridine rings is 1. The second-order valence-electron chi connectivity index (χ2n) is 3.34. The van der Waals surface area contributed by atoms with E-state index in [1.165, 1.54) is 7.11 Å². The van der Waals surface area contributed by atoms with Crippen LogP contribution >= 0.6 is 0 Å². The molecule has 1 aromatic rings. The molecular formula is C9H14BNO4. The summed E-state index contributed by atoms with van der Waals surface area (Å²) in [6.07, 6.45) is 0. The van der Waals surface area contributed by atoms with Crippen LogP contribution in [0.4, 0.5) is 0 Å². The number of ether oxygens (including phenoxy) is 1. The van der Waals surface area contributed by atoms with Crippen LogP contribution in [0.2, 0.25) is 0 Å². The van der Waals surface area contributed by atoms with Crippen LogP contribution < -0.4 is 9.39 Å². The zero-order valence-corrected chi connectivity index (χ0v) is 8.97. The van der Waals surface area contributed by atoms with Crippen molar-refractivity contribution in [2.24, 2.45) is 0 Å². The minimum absolute atomic E-state index is 0.205. The van der Waals surface area contributed by atoms with E-state index in [0.717, 1.165) is 5.69 Å². The van der Waals surface area contributed by atoms with Crippen molar-refractivity contribution >= 4 is 7.32 Å². The lowest BCUT2D eigenvalue weighted by molar-refractivity contribution is 0.276. The Balaban J connectivity index is 2.98. The fraction of sp³-hybridized carbons (Fsp3) is 0.444. The van der Waals surface area contributed by atoms with Gasteiger partial charge in [0.25, 0.3) is 5.88 Å². The zero-order valence-electron chi connectivity index (χ0n) is 8.97. The highest BCUT2D eigenvalue weighted by molar-refractivity contribution is 6.33. The lowest BCUT2D eigenvalue weighted by Crippen LogP contribution is -2.21. The molecule has 0 saturated heterocycles. The van der Waals surface area contributed by atoms with Crippen LogP contribution in [-0.4, -0.2) is 29.5 Å². The second-order valence-corrected chi connectivity index (χ2v) is 3.34. The SMILES string of the molecule is COc1nc(C(C)C)ccc1OB(O)O. The molecule has 0 amide bonds. The van der Waals surface area contributed by atoms with E-state index >= 15 is 0 Å². The van der Waals surface area contributed by atoms with Crippen LogP contribution in [0.1, 0.15) is 25.5 Å². The van der Waals surface area contributed by atoms with Crippen LogP contribution in [0.25, 0.3) is 0 Å². The molecule has 0 aliphatic carbocycles. The molecule has 0 aromatic carbocycles. The van der Waals surface area contributed by atoms with Crippen LogP contribution in [0.3, 0.4) is 0 Å². The maximum absolute atomic E-state index is 8.65. The lowest BCUT2D eigenvalue weighted by Gasteiger charge is -2.11. The first-order valence-electron chi connectivity index (χ1n) is 4.62. The molecule has 0 atom stereocenters. The van der Waals surface area contributed by atoms with Crippen molar-refractivity contribution < 1.29 is 19.4 Å². The van der Waals surface area contributed by atoms with Gasteiger partial charge in [-0.1, -0.05) is 13.8 Å². The standard InChI is InChI=1S/C9H14BNO4/c1-6(2)7-4-5-8(15-10(12)13)9(11-7)14-3/h4-6,12-13H,1-3H3. The Bertz CT molecular complexity index is 330. The van der Waals surface area contributed by atoms with E-state index < -0.39 is 7.32 Å². The van der Waals surface area contributed by atoms with Gasteiger partial charge in [-0.05, 0) is 18.1 Å². The van der Waals surface area contributed by atoms with Crippen molar-refractivity contribution in [3.8, 4) is 11.6 Å². The van der Waals surface area contributed by atoms with Crippen molar-refractivity contribution in [3.63, 3.8) is 0 Å². The molecule has 0 spiro atoms. The monoisotopic (exact) mass is 211 g/mol. The zero-order chi connectivity index (χ0) is 11.4. The Morgan fingerprint density at radius 3 is 2.47 bits per heavy atom. The van der Waals surface area contributed by atoms with Gasteiger partial charge in [0.1, 0.15) is 0 Å². The van der Waals surface area contributed by atoms with Crippen molar-refractivity contribution in [1.29, 1.82) is 0 Å². The lowest BCUT2D eigenvalue weighted by atomic mass is 10.1. The number of aromatic nitrogens is 1. The molecule has 1 aromatic heterocycles. The number of nitrogens with zero attached hydrogens (tertiary/aromatic N) is 1. The molecule has 0 unspecified atom stereocenters. The predicted molar refractivity (Wildman–Crippen MR) is 55.7 cm³/mol. The van der Waals surface area contributed by atoms with Gasteiger partial charge in [-0.15, -0.1) is 0 Å². The summed E-state index contributed by atoms with van der Waals surface area (Å²) in [4.78, 5) is 4.17. The van der Waals surface area contributed by atoms with E-state index in [1.807, 2.05) is 13.8 Å². The fourth-order valence-corrected chi connectivity index (χ4v) is 1.11. The summed E-state index contributed by atoms with van der Waals surface area (Å²) in [5.74, 6) is 0.721. The van der Waals surface area contributed by atoms with E-state index in [4.69, 9.17) is 19.4 Å². The molecule has 0 radical (unpaired) electrons. The maximum Gasteiger partial charge on any atom is 0.707 e. The summed E-state index contributed by atoms with van der Waals surface area (Å²) in [5, 5.41) is 17.3. The molecular weight excluding hydrogens is 197 g/mol. The first-order valence-corrected chi connectivity index (χ1v) is 4.62. The van der Waals surface area contributed by atoms with Gasteiger partial charge in [0.2, 0.25) is 0 Å². The molecule has 15 heavy (non-hydrogen) atoms. The first-order chi connectivity index (χ1) is 7.04. The van der Waals surface area contributed by atoms with Crippen molar-refractivity contribution in [3.05, 3.63) is 17.8 Å². The van der Waals surface area contributed by atoms with E-state index in [0.29, 0.717) is 0 Å². The molecule has 1 heterocycles. The highest BCUT2D eigenvalue weighted by Crippen LogP contribution is 2.26. The number of methoxy groups -OCH3 is 1. The van der Waals surface area contributed by atoms with Crippen LogP contribution in [-0.2, 0) is 0 Å². The number of hydrogen-bond donors (Lipinski definition) is 2. The van der Waals surface area contributed by atoms with Gasteiger partial charge in [0.05, 0.1) is 7.11 Å². The first kappa shape index (κ1) is 11.8. The highest BCUT2D eigenvalue weighted by Gasteiger charge is 2.16. The average molecular weight is 211 g/mol. The topological polar surface area (TPSA) is 71.8 Å². The predicted octanol–water partition coefficient (Wildman–Crippen LogP) is 0.562. The Kier molecular flexibility index (Phi) is 3.93. The Morgan fingerprint density at radius 1 is 1.33 bits per heavy atom. The fourth-order valence-electron chi connectivity index (χ4n) is 1.11. The van der Waals surface area contributed by atoms with Gasteiger partial charge in [0.15, 0.2) is 5.75 Å². The van der Waals surface area contributed by atoms with Gasteiger partial charge in [-0.2, -0.15) is 0 Å². The molecule has 0 saturated carbocycles. The summed E-state index contributed by atoms with van der Waals surface area (Å²) in [6, 6.07) is 3.35. The number of hydrogen-bond acceptors (Lipinski definition) is 5. The molecule has 82 valence electrons. The minimum atomic E-state index is -1.87. The Labute approximate surface area is 88.9 Å². The third-order valence-corrected chi connectivity index (χ3v) is 1.86. The summed E-state index contributed by atoms with van der Waals surface area (Å²) < 4.78 is 9.67. The van der Waals surface area contributed by atoms with E-state index in [2.05, 4.69) is 4.98 Å². The van der Waals surface area contributed by atoms with Crippen molar-refractivity contribution in [2.45, 2.75) is 19.8 Å². The molecule has 6 heteroatoms. The quantitative estimate of drug-likeness (QED) is 0.712. The van der Waals surface area contributed by atoms with Gasteiger partial charge in [-0.25, -0.2) is 4.98 Å². The molecule has 0 aliphatic rings. The van der Waals surface area contributed by atoms with E-state index in [1.54, 1.807) is 12.1 Å².